The molecular weight excluding hydrogens is 364 g/mol. The maximum absolute atomic E-state index is 12.7. The zero-order chi connectivity index (χ0) is 20.0. The molecule has 6 nitrogen and oxygen atoms in total. The Bertz CT molecular complexity index is 939. The molecule has 0 radical (unpaired) electrons. The molecule has 0 fully saturated rings. The minimum Gasteiger partial charge on any atom is -0.339 e. The van der Waals surface area contributed by atoms with Crippen LogP contribution in [0.4, 0.5) is 5.69 Å². The van der Waals surface area contributed by atoms with Crippen molar-refractivity contribution >= 4 is 27.3 Å². The highest BCUT2D eigenvalue weighted by atomic mass is 32.2. The number of sulfone groups is 1. The Morgan fingerprint density at radius 3 is 2.37 bits per heavy atom. The van der Waals surface area contributed by atoms with Crippen LogP contribution in [-0.4, -0.2) is 37.4 Å². The summed E-state index contributed by atoms with van der Waals surface area (Å²) in [4.78, 5) is 25.9. The number of nitrogens with zero attached hydrogens (tertiary/aromatic N) is 1. The first-order chi connectivity index (χ1) is 12.8. The van der Waals surface area contributed by atoms with E-state index < -0.39 is 15.7 Å². The van der Waals surface area contributed by atoms with Crippen LogP contribution in [0, 0.1) is 0 Å². The molecule has 0 aromatic heterocycles. The van der Waals surface area contributed by atoms with E-state index in [0.717, 1.165) is 5.56 Å². The quantitative estimate of drug-likeness (QED) is 0.790. The van der Waals surface area contributed by atoms with E-state index in [-0.39, 0.29) is 22.1 Å². The molecule has 2 amide bonds. The molecule has 0 unspecified atom stereocenters. The molecule has 0 aliphatic heterocycles. The molecule has 0 atom stereocenters. The van der Waals surface area contributed by atoms with Gasteiger partial charge in [-0.25, -0.2) is 8.42 Å². The van der Waals surface area contributed by atoms with Gasteiger partial charge in [0.25, 0.3) is 5.91 Å². The van der Waals surface area contributed by atoms with Crippen molar-refractivity contribution in [1.29, 1.82) is 0 Å². The summed E-state index contributed by atoms with van der Waals surface area (Å²) >= 11 is 0. The maximum atomic E-state index is 12.7. The summed E-state index contributed by atoms with van der Waals surface area (Å²) in [6.45, 7) is 5.99. The highest BCUT2D eigenvalue weighted by molar-refractivity contribution is 7.91. The molecule has 0 spiro atoms. The number of benzene rings is 2. The molecule has 0 saturated carbocycles. The Balaban J connectivity index is 2.25. The average molecular weight is 388 g/mol. The predicted molar refractivity (Wildman–Crippen MR) is 105 cm³/mol. The molecule has 144 valence electrons. The van der Waals surface area contributed by atoms with E-state index in [4.69, 9.17) is 0 Å². The molecule has 2 aromatic carbocycles. The Kier molecular flexibility index (Phi) is 6.74. The first kappa shape index (κ1) is 20.6. The lowest BCUT2D eigenvalue weighted by Gasteiger charge is -2.19. The molecule has 2 aromatic rings. The maximum Gasteiger partial charge on any atom is 0.256 e. The molecule has 0 aliphatic carbocycles. The van der Waals surface area contributed by atoms with Gasteiger partial charge < -0.3 is 10.2 Å². The van der Waals surface area contributed by atoms with Crippen LogP contribution in [0.25, 0.3) is 0 Å². The summed E-state index contributed by atoms with van der Waals surface area (Å²) < 4.78 is 24.5. The molecule has 2 rings (SSSR count). The van der Waals surface area contributed by atoms with Crippen molar-refractivity contribution in [2.75, 3.05) is 17.6 Å². The van der Waals surface area contributed by atoms with Gasteiger partial charge in [-0.05, 0) is 36.8 Å². The topological polar surface area (TPSA) is 83.6 Å². The van der Waals surface area contributed by atoms with Crippen LogP contribution in [0.15, 0.2) is 53.4 Å². The fourth-order valence-corrected chi connectivity index (χ4v) is 3.79. The largest absolute Gasteiger partial charge is 0.339 e. The zero-order valence-electron chi connectivity index (χ0n) is 15.7. The number of anilines is 1. The van der Waals surface area contributed by atoms with Crippen LogP contribution in [0.5, 0.6) is 0 Å². The first-order valence-corrected chi connectivity index (χ1v) is 10.4. The van der Waals surface area contributed by atoms with Crippen molar-refractivity contribution in [2.45, 2.75) is 32.2 Å². The van der Waals surface area contributed by atoms with Crippen molar-refractivity contribution in [1.82, 2.24) is 4.90 Å². The standard InChI is InChI=1S/C20H24N2O4S/c1-4-22(15(3)23)14-16-9-8-10-17(13-16)21-20(24)18-11-6-7-12-19(18)27(25,26)5-2/h6-13H,4-5,14H2,1-3H3,(H,21,24). The highest BCUT2D eigenvalue weighted by Gasteiger charge is 2.20. The Hall–Kier alpha value is -2.67. The van der Waals surface area contributed by atoms with Gasteiger partial charge in [-0.1, -0.05) is 31.2 Å². The summed E-state index contributed by atoms with van der Waals surface area (Å²) in [6, 6.07) is 13.3. The molecule has 0 aliphatic rings. The van der Waals surface area contributed by atoms with Crippen LogP contribution < -0.4 is 5.32 Å². The van der Waals surface area contributed by atoms with Crippen LogP contribution in [-0.2, 0) is 21.2 Å². The second-order valence-electron chi connectivity index (χ2n) is 6.09. The molecule has 0 saturated heterocycles. The summed E-state index contributed by atoms with van der Waals surface area (Å²) in [5.41, 5.74) is 1.53. The van der Waals surface area contributed by atoms with Gasteiger partial charge >= 0.3 is 0 Å². The van der Waals surface area contributed by atoms with Crippen molar-refractivity contribution in [3.63, 3.8) is 0 Å². The van der Waals surface area contributed by atoms with Crippen molar-refractivity contribution in [3.8, 4) is 0 Å². The number of carbonyl (C=O) groups excluding carboxylic acids is 2. The fraction of sp³-hybridized carbons (Fsp3) is 0.300. The number of amides is 2. The summed E-state index contributed by atoms with van der Waals surface area (Å²) in [7, 11) is -3.51. The molecule has 1 N–H and O–H groups in total. The van der Waals surface area contributed by atoms with E-state index in [0.29, 0.717) is 18.8 Å². The first-order valence-electron chi connectivity index (χ1n) is 8.76. The molecule has 27 heavy (non-hydrogen) atoms. The summed E-state index contributed by atoms with van der Waals surface area (Å²) in [6.07, 6.45) is 0. The zero-order valence-corrected chi connectivity index (χ0v) is 16.5. The smallest absolute Gasteiger partial charge is 0.256 e. The van der Waals surface area contributed by atoms with Gasteiger partial charge in [0.05, 0.1) is 16.2 Å². The van der Waals surface area contributed by atoms with Crippen molar-refractivity contribution in [2.24, 2.45) is 0 Å². The molecule has 7 heteroatoms. The lowest BCUT2D eigenvalue weighted by Crippen LogP contribution is -2.27. The molecule has 0 heterocycles. The Morgan fingerprint density at radius 2 is 1.74 bits per heavy atom. The fourth-order valence-electron chi connectivity index (χ4n) is 2.69. The number of nitrogens with one attached hydrogen (secondary N) is 1. The van der Waals surface area contributed by atoms with Crippen LogP contribution >= 0.6 is 0 Å². The van der Waals surface area contributed by atoms with Crippen LogP contribution in [0.2, 0.25) is 0 Å². The second kappa shape index (κ2) is 8.81. The van der Waals surface area contributed by atoms with Gasteiger partial charge in [0.1, 0.15) is 0 Å². The van der Waals surface area contributed by atoms with Gasteiger partial charge in [0, 0.05) is 25.7 Å². The highest BCUT2D eigenvalue weighted by Crippen LogP contribution is 2.20. The van der Waals surface area contributed by atoms with Gasteiger partial charge in [-0.2, -0.15) is 0 Å². The summed E-state index contributed by atoms with van der Waals surface area (Å²) in [5, 5.41) is 2.75. The molecule has 0 bridgehead atoms. The number of rotatable bonds is 7. The van der Waals surface area contributed by atoms with Gasteiger partial charge in [0.15, 0.2) is 9.84 Å². The molecular formula is C20H24N2O4S. The van der Waals surface area contributed by atoms with E-state index in [2.05, 4.69) is 5.32 Å². The summed E-state index contributed by atoms with van der Waals surface area (Å²) in [5.74, 6) is -0.589. The van der Waals surface area contributed by atoms with Gasteiger partial charge in [-0.3, -0.25) is 9.59 Å². The lowest BCUT2D eigenvalue weighted by atomic mass is 10.1. The SMILES string of the molecule is CCN(Cc1cccc(NC(=O)c2ccccc2S(=O)(=O)CC)c1)C(C)=O. The van der Waals surface area contributed by atoms with E-state index in [1.54, 1.807) is 42.2 Å². The number of carbonyl (C=O) groups is 2. The van der Waals surface area contributed by atoms with Crippen molar-refractivity contribution < 1.29 is 18.0 Å². The average Bonchev–Trinajstić information content (AvgIpc) is 2.66. The Labute approximate surface area is 160 Å². The minimum absolute atomic E-state index is 0.0226. The van der Waals surface area contributed by atoms with E-state index >= 15 is 0 Å². The monoisotopic (exact) mass is 388 g/mol. The normalized spacial score (nSPS) is 11.1. The lowest BCUT2D eigenvalue weighted by molar-refractivity contribution is -0.129. The van der Waals surface area contributed by atoms with Gasteiger partial charge in [-0.15, -0.1) is 0 Å². The predicted octanol–water partition coefficient (Wildman–Crippen LogP) is 3.10. The number of hydrogen-bond donors (Lipinski definition) is 1. The van der Waals surface area contributed by atoms with Crippen molar-refractivity contribution in [3.05, 3.63) is 59.7 Å². The number of hydrogen-bond acceptors (Lipinski definition) is 4. The Morgan fingerprint density at radius 1 is 1.04 bits per heavy atom. The van der Waals surface area contributed by atoms with Gasteiger partial charge in [0.2, 0.25) is 5.91 Å². The van der Waals surface area contributed by atoms with Crippen LogP contribution in [0.3, 0.4) is 0 Å². The third-order valence-corrected chi connectivity index (χ3v) is 6.02. The second-order valence-corrected chi connectivity index (χ2v) is 8.33. The van der Waals surface area contributed by atoms with Crippen LogP contribution in [0.1, 0.15) is 36.7 Å². The third kappa shape index (κ3) is 5.17. The van der Waals surface area contributed by atoms with E-state index in [1.165, 1.54) is 19.1 Å². The van der Waals surface area contributed by atoms with E-state index in [9.17, 15) is 18.0 Å². The van der Waals surface area contributed by atoms with E-state index in [1.807, 2.05) is 13.0 Å². The minimum atomic E-state index is -3.51. The third-order valence-electron chi connectivity index (χ3n) is 4.23.